The third-order valence-corrected chi connectivity index (χ3v) is 5.06. The van der Waals surface area contributed by atoms with E-state index < -0.39 is 0 Å². The van der Waals surface area contributed by atoms with Crippen molar-refractivity contribution in [2.24, 2.45) is 0 Å². The van der Waals surface area contributed by atoms with E-state index in [1.165, 1.54) is 0 Å². The first-order valence-corrected chi connectivity index (χ1v) is 10.1. The number of para-hydroxylation sites is 1. The number of amides is 2. The van der Waals surface area contributed by atoms with Crippen molar-refractivity contribution < 1.29 is 9.59 Å². The second-order valence-electron chi connectivity index (χ2n) is 6.57. The molecule has 3 N–H and O–H groups in total. The van der Waals surface area contributed by atoms with Crippen LogP contribution in [0.15, 0.2) is 83.3 Å². The van der Waals surface area contributed by atoms with Crippen molar-refractivity contribution in [2.45, 2.75) is 13.0 Å². The lowest BCUT2D eigenvalue weighted by Crippen LogP contribution is -2.27. The second kappa shape index (κ2) is 9.89. The number of anilines is 2. The van der Waals surface area contributed by atoms with E-state index in [4.69, 9.17) is 0 Å². The monoisotopic (exact) mass is 451 g/mol. The molecule has 3 aromatic carbocycles. The van der Waals surface area contributed by atoms with Crippen LogP contribution >= 0.6 is 15.9 Å². The zero-order valence-electron chi connectivity index (χ0n) is 16.0. The highest BCUT2D eigenvalue weighted by Gasteiger charge is 2.12. The maximum absolute atomic E-state index is 12.6. The summed E-state index contributed by atoms with van der Waals surface area (Å²) in [7, 11) is 0. The van der Waals surface area contributed by atoms with Gasteiger partial charge in [0.25, 0.3) is 5.91 Å². The van der Waals surface area contributed by atoms with E-state index >= 15 is 0 Å². The molecule has 1 atom stereocenters. The molecule has 0 aliphatic carbocycles. The van der Waals surface area contributed by atoms with Crippen molar-refractivity contribution in [1.82, 2.24) is 5.32 Å². The van der Waals surface area contributed by atoms with Gasteiger partial charge in [0.1, 0.15) is 0 Å². The minimum Gasteiger partial charge on any atom is -0.375 e. The highest BCUT2D eigenvalue weighted by Crippen LogP contribution is 2.21. The normalized spacial score (nSPS) is 11.4. The van der Waals surface area contributed by atoms with Gasteiger partial charge in [-0.2, -0.15) is 0 Å². The fourth-order valence-electron chi connectivity index (χ4n) is 2.83. The Bertz CT molecular complexity index is 992. The summed E-state index contributed by atoms with van der Waals surface area (Å²) in [5, 5.41) is 8.87. The van der Waals surface area contributed by atoms with Crippen molar-refractivity contribution >= 4 is 39.1 Å². The lowest BCUT2D eigenvalue weighted by molar-refractivity contribution is -0.114. The first kappa shape index (κ1) is 20.6. The van der Waals surface area contributed by atoms with E-state index in [9.17, 15) is 9.59 Å². The van der Waals surface area contributed by atoms with E-state index in [1.807, 2.05) is 61.5 Å². The molecule has 0 saturated heterocycles. The molecule has 0 fully saturated rings. The fraction of sp³-hybridized carbons (Fsp3) is 0.130. The van der Waals surface area contributed by atoms with Crippen LogP contribution in [-0.2, 0) is 4.79 Å². The van der Waals surface area contributed by atoms with Gasteiger partial charge in [0.15, 0.2) is 0 Å². The Morgan fingerprint density at radius 3 is 2.41 bits per heavy atom. The smallest absolute Gasteiger partial charge is 0.251 e. The van der Waals surface area contributed by atoms with Gasteiger partial charge < -0.3 is 16.0 Å². The molecule has 0 bridgehead atoms. The molecule has 0 aliphatic heterocycles. The van der Waals surface area contributed by atoms with E-state index in [-0.39, 0.29) is 24.4 Å². The summed E-state index contributed by atoms with van der Waals surface area (Å²) in [6.07, 6.45) is 0. The number of halogens is 1. The molecule has 6 heteroatoms. The molecule has 2 amide bonds. The highest BCUT2D eigenvalue weighted by atomic mass is 79.9. The van der Waals surface area contributed by atoms with Gasteiger partial charge in [0, 0.05) is 21.4 Å². The van der Waals surface area contributed by atoms with Crippen LogP contribution in [0.5, 0.6) is 0 Å². The number of carbonyl (C=O) groups excluding carboxylic acids is 2. The molecule has 3 aromatic rings. The minimum absolute atomic E-state index is 0.115. The Balaban J connectivity index is 1.58. The number of hydrogen-bond donors (Lipinski definition) is 3. The summed E-state index contributed by atoms with van der Waals surface area (Å²) >= 11 is 3.44. The molecule has 5 nitrogen and oxygen atoms in total. The number of benzene rings is 3. The molecule has 0 aliphatic rings. The Hall–Kier alpha value is -3.12. The number of carbonyl (C=O) groups is 2. The predicted octanol–water partition coefficient (Wildman–Crippen LogP) is 4.99. The van der Waals surface area contributed by atoms with E-state index in [0.29, 0.717) is 11.3 Å². The molecular weight excluding hydrogens is 430 g/mol. The van der Waals surface area contributed by atoms with Gasteiger partial charge in [0.05, 0.1) is 12.6 Å². The molecule has 1 unspecified atom stereocenters. The molecule has 29 heavy (non-hydrogen) atoms. The summed E-state index contributed by atoms with van der Waals surface area (Å²) in [4.78, 5) is 24.8. The van der Waals surface area contributed by atoms with Gasteiger partial charge in [-0.1, -0.05) is 48.5 Å². The molecule has 0 heterocycles. The summed E-state index contributed by atoms with van der Waals surface area (Å²) in [5.74, 6) is -0.389. The molecule has 0 saturated carbocycles. The summed E-state index contributed by atoms with van der Waals surface area (Å²) in [6.45, 7) is 2.05. The van der Waals surface area contributed by atoms with Crippen LogP contribution in [0.1, 0.15) is 28.9 Å². The van der Waals surface area contributed by atoms with Crippen LogP contribution in [-0.4, -0.2) is 18.4 Å². The molecule has 0 aromatic heterocycles. The molecule has 0 spiro atoms. The summed E-state index contributed by atoms with van der Waals surface area (Å²) < 4.78 is 0.888. The zero-order valence-corrected chi connectivity index (χ0v) is 17.6. The Morgan fingerprint density at radius 1 is 0.931 bits per heavy atom. The van der Waals surface area contributed by atoms with Crippen LogP contribution in [0.4, 0.5) is 11.4 Å². The van der Waals surface area contributed by atoms with Crippen molar-refractivity contribution in [1.29, 1.82) is 0 Å². The Morgan fingerprint density at radius 2 is 1.66 bits per heavy atom. The maximum atomic E-state index is 12.6. The third-order valence-electron chi connectivity index (χ3n) is 4.37. The van der Waals surface area contributed by atoms with Crippen molar-refractivity contribution in [2.75, 3.05) is 17.2 Å². The van der Waals surface area contributed by atoms with Crippen LogP contribution in [0.2, 0.25) is 0 Å². The van der Waals surface area contributed by atoms with Crippen LogP contribution in [0.3, 0.4) is 0 Å². The van der Waals surface area contributed by atoms with Gasteiger partial charge in [-0.3, -0.25) is 9.59 Å². The molecule has 3 rings (SSSR count). The quantitative estimate of drug-likeness (QED) is 0.473. The van der Waals surface area contributed by atoms with Crippen molar-refractivity contribution in [3.05, 3.63) is 94.5 Å². The lowest BCUT2D eigenvalue weighted by atomic mass is 10.1. The fourth-order valence-corrected chi connectivity index (χ4v) is 3.25. The average Bonchev–Trinajstić information content (AvgIpc) is 2.74. The summed E-state index contributed by atoms with van der Waals surface area (Å²) in [6, 6.07) is 24.1. The minimum atomic E-state index is -0.198. The van der Waals surface area contributed by atoms with Gasteiger partial charge in [0.2, 0.25) is 5.91 Å². The largest absolute Gasteiger partial charge is 0.375 e. The van der Waals surface area contributed by atoms with Gasteiger partial charge >= 0.3 is 0 Å². The van der Waals surface area contributed by atoms with E-state index in [0.717, 1.165) is 15.7 Å². The van der Waals surface area contributed by atoms with Crippen LogP contribution in [0, 0.1) is 0 Å². The first-order valence-electron chi connectivity index (χ1n) is 9.27. The number of nitrogens with one attached hydrogen (secondary N) is 3. The number of hydrogen-bond acceptors (Lipinski definition) is 3. The van der Waals surface area contributed by atoms with E-state index in [2.05, 4.69) is 31.9 Å². The van der Waals surface area contributed by atoms with Gasteiger partial charge in [-0.25, -0.2) is 0 Å². The number of rotatable bonds is 7. The Labute approximate surface area is 178 Å². The predicted molar refractivity (Wildman–Crippen MR) is 120 cm³/mol. The SMILES string of the molecule is CC(NC(=O)c1cccc(NC(=O)CNc2ccccc2Br)c1)c1ccccc1. The Kier molecular flexibility index (Phi) is 7.03. The standard InChI is InChI=1S/C23H22BrN3O2/c1-16(17-8-3-2-4-9-17)26-23(29)18-10-7-11-19(14-18)27-22(28)15-25-21-13-6-5-12-20(21)24/h2-14,16,25H,15H2,1H3,(H,26,29)(H,27,28). The lowest BCUT2D eigenvalue weighted by Gasteiger charge is -2.15. The van der Waals surface area contributed by atoms with Crippen LogP contribution in [0.25, 0.3) is 0 Å². The van der Waals surface area contributed by atoms with Crippen molar-refractivity contribution in [3.8, 4) is 0 Å². The molecule has 0 radical (unpaired) electrons. The second-order valence-corrected chi connectivity index (χ2v) is 7.42. The van der Waals surface area contributed by atoms with Crippen LogP contribution < -0.4 is 16.0 Å². The summed E-state index contributed by atoms with van der Waals surface area (Å²) in [5.41, 5.74) is 2.93. The van der Waals surface area contributed by atoms with Gasteiger partial charge in [-0.15, -0.1) is 0 Å². The average molecular weight is 452 g/mol. The topological polar surface area (TPSA) is 70.2 Å². The zero-order chi connectivity index (χ0) is 20.6. The van der Waals surface area contributed by atoms with E-state index in [1.54, 1.807) is 24.3 Å². The van der Waals surface area contributed by atoms with Crippen molar-refractivity contribution in [3.63, 3.8) is 0 Å². The highest BCUT2D eigenvalue weighted by molar-refractivity contribution is 9.10. The van der Waals surface area contributed by atoms with Gasteiger partial charge in [-0.05, 0) is 58.7 Å². The molecule has 148 valence electrons. The third kappa shape index (κ3) is 5.93. The molecular formula is C23H22BrN3O2. The first-order chi connectivity index (χ1) is 14.0. The maximum Gasteiger partial charge on any atom is 0.251 e.